The first-order chi connectivity index (χ1) is 8.77. The number of hydrogen-bond acceptors (Lipinski definition) is 5. The highest BCUT2D eigenvalue weighted by Gasteiger charge is 2.34. The quantitative estimate of drug-likeness (QED) is 0.736. The van der Waals surface area contributed by atoms with Crippen molar-refractivity contribution in [3.8, 4) is 0 Å². The molecule has 9 heteroatoms. The molecular formula is C10H15N3O4S2. The molecule has 2 rings (SSSR count). The fourth-order valence-corrected chi connectivity index (χ4v) is 4.01. The molecule has 1 aliphatic heterocycles. The topological polar surface area (TPSA) is 110 Å². The van der Waals surface area contributed by atoms with Gasteiger partial charge in [0.25, 0.3) is 0 Å². The van der Waals surface area contributed by atoms with Crippen LogP contribution in [0, 0.1) is 0 Å². The molecule has 0 amide bonds. The zero-order chi connectivity index (χ0) is 14.3. The van der Waals surface area contributed by atoms with E-state index in [1.54, 1.807) is 0 Å². The third-order valence-corrected chi connectivity index (χ3v) is 6.19. The lowest BCUT2D eigenvalue weighted by Gasteiger charge is -2.35. The van der Waals surface area contributed by atoms with Crippen LogP contribution >= 0.6 is 0 Å². The summed E-state index contributed by atoms with van der Waals surface area (Å²) in [4.78, 5) is 0.0868. The Kier molecular flexibility index (Phi) is 3.67. The van der Waals surface area contributed by atoms with Crippen LogP contribution in [0.3, 0.4) is 0 Å². The van der Waals surface area contributed by atoms with E-state index in [-0.39, 0.29) is 15.8 Å². The lowest BCUT2D eigenvalue weighted by Crippen LogP contribution is -2.57. The van der Waals surface area contributed by atoms with Gasteiger partial charge < -0.3 is 5.73 Å². The van der Waals surface area contributed by atoms with Crippen molar-refractivity contribution in [3.63, 3.8) is 0 Å². The van der Waals surface area contributed by atoms with E-state index in [9.17, 15) is 16.8 Å². The first-order valence-corrected chi connectivity index (χ1v) is 8.49. The lowest BCUT2D eigenvalue weighted by molar-refractivity contribution is 0.265. The van der Waals surface area contributed by atoms with Crippen LogP contribution in [-0.2, 0) is 20.0 Å². The van der Waals surface area contributed by atoms with E-state index >= 15 is 0 Å². The SMILES string of the molecule is CNS(=O)(=O)c1ccc(S(=O)(=O)N2CC(N)C2)cc1. The van der Waals surface area contributed by atoms with E-state index in [2.05, 4.69) is 4.72 Å². The van der Waals surface area contributed by atoms with Crippen molar-refractivity contribution in [2.24, 2.45) is 5.73 Å². The molecule has 1 fully saturated rings. The number of sulfonamides is 2. The number of rotatable bonds is 4. The molecule has 0 aliphatic carbocycles. The molecule has 0 radical (unpaired) electrons. The summed E-state index contributed by atoms with van der Waals surface area (Å²) in [5.74, 6) is 0. The van der Waals surface area contributed by atoms with E-state index in [0.717, 1.165) is 0 Å². The summed E-state index contributed by atoms with van der Waals surface area (Å²) in [5, 5.41) is 0. The highest BCUT2D eigenvalue weighted by molar-refractivity contribution is 7.89. The molecule has 19 heavy (non-hydrogen) atoms. The maximum Gasteiger partial charge on any atom is 0.243 e. The second-order valence-corrected chi connectivity index (χ2v) is 8.09. The summed E-state index contributed by atoms with van der Waals surface area (Å²) in [7, 11) is -5.83. The van der Waals surface area contributed by atoms with Gasteiger partial charge in [0.1, 0.15) is 0 Å². The van der Waals surface area contributed by atoms with E-state index < -0.39 is 20.0 Å². The molecule has 0 bridgehead atoms. The average Bonchev–Trinajstić information content (AvgIpc) is 2.35. The summed E-state index contributed by atoms with van der Waals surface area (Å²) in [5.41, 5.74) is 5.55. The van der Waals surface area contributed by atoms with Crippen molar-refractivity contribution in [1.82, 2.24) is 9.03 Å². The Labute approximate surface area is 112 Å². The van der Waals surface area contributed by atoms with Crippen LogP contribution in [0.15, 0.2) is 34.1 Å². The van der Waals surface area contributed by atoms with Crippen molar-refractivity contribution in [2.45, 2.75) is 15.8 Å². The third kappa shape index (κ3) is 2.65. The molecule has 3 N–H and O–H groups in total. The van der Waals surface area contributed by atoms with Crippen LogP contribution in [0.5, 0.6) is 0 Å². The van der Waals surface area contributed by atoms with Gasteiger partial charge in [0, 0.05) is 19.1 Å². The smallest absolute Gasteiger partial charge is 0.243 e. The Morgan fingerprint density at radius 3 is 2.00 bits per heavy atom. The molecular weight excluding hydrogens is 290 g/mol. The average molecular weight is 305 g/mol. The van der Waals surface area contributed by atoms with Gasteiger partial charge in [-0.25, -0.2) is 21.6 Å². The molecule has 0 aromatic heterocycles. The number of nitrogens with one attached hydrogen (secondary N) is 1. The Bertz CT molecular complexity index is 661. The van der Waals surface area contributed by atoms with Gasteiger partial charge in [0.15, 0.2) is 0 Å². The van der Waals surface area contributed by atoms with Crippen LogP contribution in [0.2, 0.25) is 0 Å². The van der Waals surface area contributed by atoms with Crippen LogP contribution in [0.4, 0.5) is 0 Å². The summed E-state index contributed by atoms with van der Waals surface area (Å²) in [6, 6.07) is 4.96. The molecule has 0 saturated carbocycles. The van der Waals surface area contributed by atoms with Gasteiger partial charge in [-0.2, -0.15) is 4.31 Å². The summed E-state index contributed by atoms with van der Waals surface area (Å²) < 4.78 is 50.7. The normalized spacial score (nSPS) is 18.2. The minimum absolute atomic E-state index is 0.0225. The summed E-state index contributed by atoms with van der Waals surface area (Å²) in [6.45, 7) is 0.581. The molecule has 1 aromatic rings. The third-order valence-electron chi connectivity index (χ3n) is 2.92. The van der Waals surface area contributed by atoms with Gasteiger partial charge in [-0.1, -0.05) is 0 Å². The number of hydrogen-bond donors (Lipinski definition) is 2. The lowest BCUT2D eigenvalue weighted by atomic mass is 10.2. The zero-order valence-corrected chi connectivity index (χ0v) is 11.9. The monoisotopic (exact) mass is 305 g/mol. The Morgan fingerprint density at radius 1 is 1.11 bits per heavy atom. The van der Waals surface area contributed by atoms with Crippen molar-refractivity contribution < 1.29 is 16.8 Å². The van der Waals surface area contributed by atoms with E-state index in [1.807, 2.05) is 0 Å². The minimum Gasteiger partial charge on any atom is -0.325 e. The van der Waals surface area contributed by atoms with Crippen LogP contribution in [0.25, 0.3) is 0 Å². The van der Waals surface area contributed by atoms with Crippen molar-refractivity contribution in [3.05, 3.63) is 24.3 Å². The molecule has 0 atom stereocenters. The van der Waals surface area contributed by atoms with E-state index in [1.165, 1.54) is 35.6 Å². The molecule has 1 aliphatic rings. The van der Waals surface area contributed by atoms with Gasteiger partial charge >= 0.3 is 0 Å². The van der Waals surface area contributed by atoms with E-state index in [0.29, 0.717) is 13.1 Å². The molecule has 106 valence electrons. The van der Waals surface area contributed by atoms with Gasteiger partial charge in [-0.15, -0.1) is 0 Å². The standard InChI is InChI=1S/C10H15N3O4S2/c1-12-18(14,15)9-2-4-10(5-3-9)19(16,17)13-6-8(11)7-13/h2-5,8,12H,6-7,11H2,1H3. The van der Waals surface area contributed by atoms with Crippen molar-refractivity contribution >= 4 is 20.0 Å². The molecule has 1 aromatic carbocycles. The summed E-state index contributed by atoms with van der Waals surface area (Å²) >= 11 is 0. The Balaban J connectivity index is 2.29. The Morgan fingerprint density at radius 2 is 1.58 bits per heavy atom. The van der Waals surface area contributed by atoms with Crippen LogP contribution in [0.1, 0.15) is 0 Å². The van der Waals surface area contributed by atoms with Gasteiger partial charge in [0.05, 0.1) is 9.79 Å². The van der Waals surface area contributed by atoms with Crippen molar-refractivity contribution in [2.75, 3.05) is 20.1 Å². The van der Waals surface area contributed by atoms with Gasteiger partial charge in [-0.05, 0) is 31.3 Å². The predicted molar refractivity (Wildman–Crippen MR) is 69.4 cm³/mol. The van der Waals surface area contributed by atoms with Gasteiger partial charge in [0.2, 0.25) is 20.0 Å². The maximum absolute atomic E-state index is 12.1. The number of nitrogens with two attached hydrogens (primary N) is 1. The second kappa shape index (κ2) is 4.84. The number of nitrogens with zero attached hydrogens (tertiary/aromatic N) is 1. The van der Waals surface area contributed by atoms with Crippen LogP contribution in [-0.4, -0.2) is 47.3 Å². The molecule has 1 saturated heterocycles. The van der Waals surface area contributed by atoms with Crippen molar-refractivity contribution in [1.29, 1.82) is 0 Å². The second-order valence-electron chi connectivity index (χ2n) is 4.26. The largest absolute Gasteiger partial charge is 0.325 e. The maximum atomic E-state index is 12.1. The van der Waals surface area contributed by atoms with E-state index in [4.69, 9.17) is 5.73 Å². The molecule has 1 heterocycles. The highest BCUT2D eigenvalue weighted by atomic mass is 32.2. The molecule has 0 unspecified atom stereocenters. The first-order valence-electron chi connectivity index (χ1n) is 5.57. The Hall–Kier alpha value is -1.00. The van der Waals surface area contributed by atoms with Crippen LogP contribution < -0.4 is 10.5 Å². The number of benzene rings is 1. The highest BCUT2D eigenvalue weighted by Crippen LogP contribution is 2.22. The molecule has 7 nitrogen and oxygen atoms in total. The predicted octanol–water partition coefficient (Wildman–Crippen LogP) is -1.07. The minimum atomic E-state index is -3.57. The fourth-order valence-electron chi connectivity index (χ4n) is 1.72. The van der Waals surface area contributed by atoms with Gasteiger partial charge in [-0.3, -0.25) is 0 Å². The fraction of sp³-hybridized carbons (Fsp3) is 0.400. The molecule has 0 spiro atoms. The zero-order valence-electron chi connectivity index (χ0n) is 10.3. The summed E-state index contributed by atoms with van der Waals surface area (Å²) in [6.07, 6.45) is 0. The first kappa shape index (κ1) is 14.4.